The smallest absolute Gasteiger partial charge is 0.0606 e. The van der Waals surface area contributed by atoms with E-state index >= 15 is 0 Å². The predicted molar refractivity (Wildman–Crippen MR) is 314 cm³/mol. The first kappa shape index (κ1) is 84.0. The maximum absolute atomic E-state index is 4.50. The molecule has 3 saturated carbocycles. The van der Waals surface area contributed by atoms with E-state index in [4.69, 9.17) is 0 Å². The van der Waals surface area contributed by atoms with E-state index in [0.29, 0.717) is 5.41 Å². The molecule has 0 aromatic rings. The highest BCUT2D eigenvalue weighted by molar-refractivity contribution is 6.05. The van der Waals surface area contributed by atoms with Gasteiger partial charge in [-0.2, -0.15) is 0 Å². The minimum atomic E-state index is 0.549. The van der Waals surface area contributed by atoms with Gasteiger partial charge in [0.2, 0.25) is 0 Å². The summed E-state index contributed by atoms with van der Waals surface area (Å²) in [6.45, 7) is 57.3. The van der Waals surface area contributed by atoms with Crippen LogP contribution in [-0.4, -0.2) is 7.85 Å². The average Bonchev–Trinajstić information content (AvgIpc) is 3.29. The molecule has 0 aromatic carbocycles. The highest BCUT2D eigenvalue weighted by Crippen LogP contribution is 2.46. The molecule has 3 aliphatic carbocycles. The molecule has 0 atom stereocenters. The van der Waals surface area contributed by atoms with Crippen LogP contribution in [0.2, 0.25) is 6.82 Å². The lowest BCUT2D eigenvalue weighted by Gasteiger charge is -2.40. The summed E-state index contributed by atoms with van der Waals surface area (Å²) < 4.78 is 0. The molecule has 398 valence electrons. The molecule has 0 amide bonds. The fourth-order valence-corrected chi connectivity index (χ4v) is 9.79. The van der Waals surface area contributed by atoms with Gasteiger partial charge in [0.1, 0.15) is 0 Å². The molecule has 0 saturated heterocycles. The fraction of sp³-hybridized carbons (Fsp3) is 1.00. The van der Waals surface area contributed by atoms with Gasteiger partial charge < -0.3 is 0 Å². The van der Waals surface area contributed by atoms with Crippen molar-refractivity contribution in [2.24, 2.45) is 52.8 Å². The molecule has 64 heavy (non-hydrogen) atoms. The molecule has 0 aromatic heterocycles. The van der Waals surface area contributed by atoms with E-state index in [1.807, 2.05) is 96.9 Å². The van der Waals surface area contributed by atoms with Crippen LogP contribution in [0.3, 0.4) is 0 Å². The summed E-state index contributed by atoms with van der Waals surface area (Å²) in [6.07, 6.45) is 40.2. The Morgan fingerprint density at radius 1 is 0.375 bits per heavy atom. The highest BCUT2D eigenvalue weighted by Gasteiger charge is 2.34. The second kappa shape index (κ2) is 74.6. The molecule has 3 aliphatic rings. The number of rotatable bonds is 9. The Bertz CT molecular complexity index is 628. The van der Waals surface area contributed by atoms with E-state index in [9.17, 15) is 0 Å². The first-order chi connectivity index (χ1) is 31.0. The number of hydrogen-bond acceptors (Lipinski definition) is 0. The Hall–Kier alpha value is 0.0649. The van der Waals surface area contributed by atoms with Crippen molar-refractivity contribution in [3.63, 3.8) is 0 Å². The van der Waals surface area contributed by atoms with E-state index in [2.05, 4.69) is 90.9 Å². The molecule has 1 heteroatoms. The topological polar surface area (TPSA) is 0 Å². The van der Waals surface area contributed by atoms with Gasteiger partial charge >= 0.3 is 0 Å². The first-order valence-electron chi connectivity index (χ1n) is 30.5. The summed E-state index contributed by atoms with van der Waals surface area (Å²) in [7, 11) is 4.50. The molecule has 0 aliphatic heterocycles. The molecule has 3 rings (SSSR count). The summed E-state index contributed by atoms with van der Waals surface area (Å²) in [5, 5.41) is 0. The van der Waals surface area contributed by atoms with Gasteiger partial charge in [-0.1, -0.05) is 335 Å². The standard InChI is InChI=1S/C39H74.3C3H8.7C2H6.CH3B/c1-31(2)27-28-33-15-7-9-17-35(18-10-8-16-33)30-39(5,6)38-25-13-23-37(24-14-26-38)36-21-11-19-34(20-12-22-36)29-32(3)4;3*1-3-2;8*1-2/h31-38H,7-30H2,1-6H3;3*3H2,1-2H3;7*1-2H3;1H3. The van der Waals surface area contributed by atoms with Crippen molar-refractivity contribution in [3.05, 3.63) is 0 Å². The summed E-state index contributed by atoms with van der Waals surface area (Å²) >= 11 is 0. The third-order valence-corrected chi connectivity index (χ3v) is 12.1. The van der Waals surface area contributed by atoms with Gasteiger partial charge in [0.15, 0.2) is 0 Å². The van der Waals surface area contributed by atoms with Crippen LogP contribution in [0, 0.1) is 52.8 Å². The zero-order chi connectivity index (χ0) is 52.2. The van der Waals surface area contributed by atoms with Crippen LogP contribution in [0.5, 0.6) is 0 Å². The molecule has 2 radical (unpaired) electrons. The Morgan fingerprint density at radius 3 is 0.922 bits per heavy atom. The van der Waals surface area contributed by atoms with E-state index in [1.165, 1.54) is 155 Å². The van der Waals surface area contributed by atoms with Crippen molar-refractivity contribution in [1.29, 1.82) is 0 Å². The van der Waals surface area contributed by atoms with Crippen molar-refractivity contribution in [3.8, 4) is 0 Å². The maximum Gasteiger partial charge on any atom is 0.0606 e. The van der Waals surface area contributed by atoms with E-state index in [0.717, 1.165) is 47.3 Å². The van der Waals surface area contributed by atoms with Crippen LogP contribution in [0.4, 0.5) is 0 Å². The van der Waals surface area contributed by atoms with Crippen LogP contribution >= 0.6 is 0 Å². The summed E-state index contributed by atoms with van der Waals surface area (Å²) in [5.41, 5.74) is 0.549. The van der Waals surface area contributed by atoms with Crippen molar-refractivity contribution in [2.75, 3.05) is 0 Å². The molecule has 0 heterocycles. The monoisotopic (exact) mass is 911 g/mol. The van der Waals surface area contributed by atoms with Crippen LogP contribution in [-0.2, 0) is 0 Å². The predicted octanol–water partition coefficient (Wildman–Crippen LogP) is 25.1. The van der Waals surface area contributed by atoms with Crippen molar-refractivity contribution < 1.29 is 0 Å². The maximum atomic E-state index is 4.50. The highest BCUT2D eigenvalue weighted by atomic mass is 14.4. The Balaban J connectivity index is -0.000000147. The van der Waals surface area contributed by atoms with Crippen molar-refractivity contribution in [2.45, 2.75) is 360 Å². The minimum absolute atomic E-state index is 0.549. The van der Waals surface area contributed by atoms with Crippen LogP contribution < -0.4 is 0 Å². The summed E-state index contributed by atoms with van der Waals surface area (Å²) in [6, 6.07) is 0. The number of hydrogen-bond donors (Lipinski definition) is 0. The fourth-order valence-electron chi connectivity index (χ4n) is 9.79. The SMILES string of the molecule is CC.CC.CC.CC.CC.CC.CC.CC(C)CCC1CCCCC(CC(C)(C)C2CCCC(C3CCCC(CC(C)C)CCC3)CCC2)CCCC1.CCC.CCC.CCC.[B]C. The molecule has 3 fully saturated rings. The van der Waals surface area contributed by atoms with Crippen molar-refractivity contribution >= 4 is 7.85 Å². The minimum Gasteiger partial charge on any atom is -0.0999 e. The quantitative estimate of drug-likeness (QED) is 0.202. The molecular weight excluding hydrogens is 768 g/mol. The van der Waals surface area contributed by atoms with Gasteiger partial charge in [-0.25, -0.2) is 0 Å². The Morgan fingerprint density at radius 2 is 0.641 bits per heavy atom. The lowest BCUT2D eigenvalue weighted by molar-refractivity contribution is 0.107. The van der Waals surface area contributed by atoms with Crippen LogP contribution in [0.25, 0.3) is 0 Å². The largest absolute Gasteiger partial charge is 0.0999 e. The van der Waals surface area contributed by atoms with Gasteiger partial charge in [-0.15, -0.1) is 0 Å². The molecular formula is C63H143B. The van der Waals surface area contributed by atoms with E-state index < -0.39 is 0 Å². The molecule has 0 spiro atoms. The molecule has 0 unspecified atom stereocenters. The molecule has 0 nitrogen and oxygen atoms in total. The summed E-state index contributed by atoms with van der Waals surface area (Å²) in [4.78, 5) is 0. The van der Waals surface area contributed by atoms with E-state index in [-0.39, 0.29) is 0 Å². The average molecular weight is 912 g/mol. The lowest BCUT2D eigenvalue weighted by Crippen LogP contribution is -2.29. The van der Waals surface area contributed by atoms with Crippen molar-refractivity contribution in [1.82, 2.24) is 0 Å². The first-order valence-corrected chi connectivity index (χ1v) is 30.5. The van der Waals surface area contributed by atoms with Gasteiger partial charge in [-0.3, -0.25) is 0 Å². The Kier molecular flexibility index (Phi) is 98.0. The van der Waals surface area contributed by atoms with E-state index in [1.54, 1.807) is 25.7 Å². The lowest BCUT2D eigenvalue weighted by atomic mass is 9.65. The van der Waals surface area contributed by atoms with Gasteiger partial charge in [0, 0.05) is 0 Å². The zero-order valence-electron chi connectivity index (χ0n) is 51.8. The second-order valence-corrected chi connectivity index (χ2v) is 19.0. The third-order valence-electron chi connectivity index (χ3n) is 12.1. The normalized spacial score (nSPS) is 21.8. The third kappa shape index (κ3) is 60.1. The second-order valence-electron chi connectivity index (χ2n) is 19.0. The Labute approximate surface area is 419 Å². The zero-order valence-corrected chi connectivity index (χ0v) is 51.8. The molecule has 0 bridgehead atoms. The van der Waals surface area contributed by atoms with Gasteiger partial charge in [0.05, 0.1) is 7.85 Å². The summed E-state index contributed by atoms with van der Waals surface area (Å²) in [5.74, 6) is 7.92. The van der Waals surface area contributed by atoms with Gasteiger partial charge in [-0.05, 0) is 78.4 Å². The van der Waals surface area contributed by atoms with Crippen LogP contribution in [0.1, 0.15) is 353 Å². The van der Waals surface area contributed by atoms with Crippen LogP contribution in [0.15, 0.2) is 0 Å². The van der Waals surface area contributed by atoms with Gasteiger partial charge in [0.25, 0.3) is 0 Å². The molecule has 0 N–H and O–H groups in total.